The van der Waals surface area contributed by atoms with E-state index in [1.807, 2.05) is 53.4 Å². The highest BCUT2D eigenvalue weighted by Gasteiger charge is 2.41. The van der Waals surface area contributed by atoms with Crippen molar-refractivity contribution in [1.82, 2.24) is 25.2 Å². The van der Waals surface area contributed by atoms with E-state index in [9.17, 15) is 0 Å². The molecule has 188 valence electrons. The number of aromatic nitrogens is 5. The van der Waals surface area contributed by atoms with Gasteiger partial charge in [-0.2, -0.15) is 0 Å². The molecule has 0 bridgehead atoms. The summed E-state index contributed by atoms with van der Waals surface area (Å²) in [6, 6.07) is 45.6. The molecule has 0 radical (unpaired) electrons. The summed E-state index contributed by atoms with van der Waals surface area (Å²) in [5, 5.41) is 13.4. The Morgan fingerprint density at radius 3 is 1.69 bits per heavy atom. The molecular formula is C34H27N5. The number of pyridine rings is 1. The minimum Gasteiger partial charge on any atom is -0.256 e. The van der Waals surface area contributed by atoms with Crippen molar-refractivity contribution in [3.05, 3.63) is 179 Å². The molecule has 0 atom stereocenters. The largest absolute Gasteiger partial charge is 0.256 e. The molecule has 2 heterocycles. The van der Waals surface area contributed by atoms with Crippen LogP contribution in [0.15, 0.2) is 140 Å². The van der Waals surface area contributed by atoms with Gasteiger partial charge in [-0.25, -0.2) is 4.68 Å². The predicted molar refractivity (Wildman–Crippen MR) is 155 cm³/mol. The third kappa shape index (κ3) is 4.55. The van der Waals surface area contributed by atoms with E-state index in [2.05, 4.69) is 124 Å². The van der Waals surface area contributed by atoms with Crippen LogP contribution < -0.4 is 0 Å². The standard InChI is InChI=1S/C34H27N5/c1-26-20-22-27(23-21-26)31(32-19-11-12-24-35-32)25-33-36-37-38-39(33)34(28-13-5-2-6-14-28,29-15-7-3-8-16-29)30-17-9-4-10-18-30/h2-25H,1H3. The van der Waals surface area contributed by atoms with E-state index >= 15 is 0 Å². The summed E-state index contributed by atoms with van der Waals surface area (Å²) >= 11 is 0. The Morgan fingerprint density at radius 1 is 0.641 bits per heavy atom. The first-order valence-electron chi connectivity index (χ1n) is 12.9. The first-order valence-corrected chi connectivity index (χ1v) is 12.9. The van der Waals surface area contributed by atoms with Crippen LogP contribution in [0, 0.1) is 6.92 Å². The number of hydrogen-bond acceptors (Lipinski definition) is 4. The van der Waals surface area contributed by atoms with Crippen LogP contribution in [0.1, 0.15) is 39.3 Å². The SMILES string of the molecule is Cc1ccc(C(=Cc2nnnn2C(c2ccccc2)(c2ccccc2)c2ccccc2)c2ccccn2)cc1. The predicted octanol–water partition coefficient (Wildman–Crippen LogP) is 6.81. The first-order chi connectivity index (χ1) is 19.3. The van der Waals surface area contributed by atoms with E-state index in [-0.39, 0.29) is 0 Å². The quantitative estimate of drug-likeness (QED) is 0.224. The van der Waals surface area contributed by atoms with Gasteiger partial charge in [0.15, 0.2) is 5.82 Å². The maximum Gasteiger partial charge on any atom is 0.177 e. The van der Waals surface area contributed by atoms with E-state index in [0.717, 1.165) is 33.5 Å². The first kappa shape index (κ1) is 24.2. The maximum absolute atomic E-state index is 4.68. The van der Waals surface area contributed by atoms with Gasteiger partial charge in [0.25, 0.3) is 0 Å². The van der Waals surface area contributed by atoms with Crippen molar-refractivity contribution in [3.63, 3.8) is 0 Å². The minimum absolute atomic E-state index is 0.618. The summed E-state index contributed by atoms with van der Waals surface area (Å²) < 4.78 is 1.93. The topological polar surface area (TPSA) is 56.5 Å². The van der Waals surface area contributed by atoms with Gasteiger partial charge in [-0.3, -0.25) is 4.98 Å². The molecule has 5 nitrogen and oxygen atoms in total. The number of aryl methyl sites for hydroxylation is 1. The molecule has 6 aromatic rings. The molecule has 0 saturated heterocycles. The van der Waals surface area contributed by atoms with Gasteiger partial charge in [0.05, 0.1) is 5.69 Å². The van der Waals surface area contributed by atoms with Crippen LogP contribution in [0.25, 0.3) is 11.6 Å². The van der Waals surface area contributed by atoms with Gasteiger partial charge in [0, 0.05) is 11.8 Å². The highest BCUT2D eigenvalue weighted by atomic mass is 15.6. The van der Waals surface area contributed by atoms with Crippen molar-refractivity contribution in [3.8, 4) is 0 Å². The van der Waals surface area contributed by atoms with Gasteiger partial charge in [-0.15, -0.1) is 5.10 Å². The average molecular weight is 506 g/mol. The smallest absolute Gasteiger partial charge is 0.177 e. The van der Waals surface area contributed by atoms with Gasteiger partial charge in [0.1, 0.15) is 5.54 Å². The lowest BCUT2D eigenvalue weighted by atomic mass is 9.77. The number of rotatable bonds is 7. The van der Waals surface area contributed by atoms with Crippen molar-refractivity contribution in [2.24, 2.45) is 0 Å². The molecular weight excluding hydrogens is 478 g/mol. The molecule has 0 saturated carbocycles. The van der Waals surface area contributed by atoms with Crippen LogP contribution in [0.3, 0.4) is 0 Å². The fourth-order valence-corrected chi connectivity index (χ4v) is 5.12. The fourth-order valence-electron chi connectivity index (χ4n) is 5.12. The Bertz CT molecular complexity index is 1580. The highest BCUT2D eigenvalue weighted by Crippen LogP contribution is 2.41. The number of nitrogens with zero attached hydrogens (tertiary/aromatic N) is 5. The third-order valence-electron chi connectivity index (χ3n) is 6.96. The van der Waals surface area contributed by atoms with Crippen LogP contribution >= 0.6 is 0 Å². The second-order valence-electron chi connectivity index (χ2n) is 9.40. The van der Waals surface area contributed by atoms with Gasteiger partial charge >= 0.3 is 0 Å². The normalized spacial score (nSPS) is 11.9. The van der Waals surface area contributed by atoms with Crippen molar-refractivity contribution >= 4 is 11.6 Å². The zero-order valence-corrected chi connectivity index (χ0v) is 21.6. The Balaban J connectivity index is 1.66. The Hall–Kier alpha value is -5.16. The van der Waals surface area contributed by atoms with Crippen molar-refractivity contribution in [2.75, 3.05) is 0 Å². The zero-order chi connectivity index (χ0) is 26.5. The van der Waals surface area contributed by atoms with E-state index in [0.29, 0.717) is 5.82 Å². The van der Waals surface area contributed by atoms with E-state index in [1.165, 1.54) is 5.56 Å². The molecule has 0 aliphatic rings. The number of hydrogen-bond donors (Lipinski definition) is 0. The monoisotopic (exact) mass is 505 g/mol. The Morgan fingerprint density at radius 2 is 1.18 bits per heavy atom. The van der Waals surface area contributed by atoms with Crippen LogP contribution in [0.5, 0.6) is 0 Å². The maximum atomic E-state index is 4.68. The lowest BCUT2D eigenvalue weighted by Crippen LogP contribution is -2.39. The summed E-state index contributed by atoms with van der Waals surface area (Å²) in [6.07, 6.45) is 3.85. The van der Waals surface area contributed by atoms with Gasteiger partial charge < -0.3 is 0 Å². The molecule has 2 aromatic heterocycles. The van der Waals surface area contributed by atoms with E-state index in [1.54, 1.807) is 0 Å². The second-order valence-corrected chi connectivity index (χ2v) is 9.40. The van der Waals surface area contributed by atoms with Gasteiger partial charge in [-0.1, -0.05) is 127 Å². The van der Waals surface area contributed by atoms with Crippen molar-refractivity contribution in [2.45, 2.75) is 12.5 Å². The van der Waals surface area contributed by atoms with Crippen LogP contribution in [-0.4, -0.2) is 25.2 Å². The summed E-state index contributed by atoms with van der Waals surface area (Å²) in [5.74, 6) is 0.618. The van der Waals surface area contributed by atoms with Crippen LogP contribution in [-0.2, 0) is 5.54 Å². The van der Waals surface area contributed by atoms with E-state index in [4.69, 9.17) is 0 Å². The molecule has 0 N–H and O–H groups in total. The summed E-state index contributed by atoms with van der Waals surface area (Å²) in [7, 11) is 0. The lowest BCUT2D eigenvalue weighted by molar-refractivity contribution is 0.443. The molecule has 0 spiro atoms. The summed E-state index contributed by atoms with van der Waals surface area (Å²) in [6.45, 7) is 2.09. The second kappa shape index (κ2) is 10.7. The van der Waals surface area contributed by atoms with Crippen molar-refractivity contribution in [1.29, 1.82) is 0 Å². The molecule has 0 fully saturated rings. The van der Waals surface area contributed by atoms with E-state index < -0.39 is 5.54 Å². The number of tetrazole rings is 1. The summed E-state index contributed by atoms with van der Waals surface area (Å²) in [5.41, 5.74) is 6.37. The molecule has 4 aromatic carbocycles. The number of benzene rings is 4. The van der Waals surface area contributed by atoms with Gasteiger partial charge in [0.2, 0.25) is 0 Å². The van der Waals surface area contributed by atoms with Crippen LogP contribution in [0.2, 0.25) is 0 Å². The van der Waals surface area contributed by atoms with Gasteiger partial charge in [-0.05, 0) is 57.8 Å². The molecule has 39 heavy (non-hydrogen) atoms. The minimum atomic E-state index is -0.818. The fraction of sp³-hybridized carbons (Fsp3) is 0.0588. The lowest BCUT2D eigenvalue weighted by Gasteiger charge is -2.36. The Labute approximate surface area is 228 Å². The molecule has 0 amide bonds. The van der Waals surface area contributed by atoms with Crippen LogP contribution in [0.4, 0.5) is 0 Å². The average Bonchev–Trinajstić information content (AvgIpc) is 3.47. The highest BCUT2D eigenvalue weighted by molar-refractivity contribution is 5.89. The molecule has 0 aliphatic heterocycles. The third-order valence-corrected chi connectivity index (χ3v) is 6.96. The zero-order valence-electron chi connectivity index (χ0n) is 21.6. The molecule has 0 unspecified atom stereocenters. The molecule has 6 rings (SSSR count). The summed E-state index contributed by atoms with van der Waals surface area (Å²) in [4.78, 5) is 4.68. The Kier molecular flexibility index (Phi) is 6.62. The molecule has 0 aliphatic carbocycles. The van der Waals surface area contributed by atoms with Crippen molar-refractivity contribution < 1.29 is 0 Å². The molecule has 5 heteroatoms.